The van der Waals surface area contributed by atoms with E-state index in [1.165, 1.54) is 4.88 Å². The summed E-state index contributed by atoms with van der Waals surface area (Å²) in [4.78, 5) is 14.7. The third kappa shape index (κ3) is 3.52. The summed E-state index contributed by atoms with van der Waals surface area (Å²) in [5.41, 5.74) is 4.82. The van der Waals surface area contributed by atoms with Crippen LogP contribution in [0.2, 0.25) is 5.02 Å². The minimum atomic E-state index is -0.180. The van der Waals surface area contributed by atoms with Crippen molar-refractivity contribution in [3.8, 4) is 11.5 Å². The first-order chi connectivity index (χ1) is 15.1. The van der Waals surface area contributed by atoms with Crippen LogP contribution in [0.25, 0.3) is 0 Å². The number of methoxy groups -OCH3 is 2. The number of rotatable bonds is 4. The first-order valence-corrected chi connectivity index (χ1v) is 11.4. The second-order valence-electron chi connectivity index (χ2n) is 7.84. The normalized spacial score (nSPS) is 20.0. The Hall–Kier alpha value is -2.76. The van der Waals surface area contributed by atoms with E-state index >= 15 is 0 Å². The molecule has 1 aliphatic heterocycles. The van der Waals surface area contributed by atoms with Gasteiger partial charge in [0.2, 0.25) is 0 Å². The Morgan fingerprint density at radius 2 is 1.77 bits per heavy atom. The second kappa shape index (κ2) is 8.06. The van der Waals surface area contributed by atoms with Gasteiger partial charge >= 0.3 is 0 Å². The number of nitrogens with one attached hydrogen (secondary N) is 1. The van der Waals surface area contributed by atoms with E-state index in [2.05, 4.69) is 16.8 Å². The number of hydrogen-bond donors (Lipinski definition) is 1. The lowest BCUT2D eigenvalue weighted by Crippen LogP contribution is -2.29. The molecule has 2 aromatic carbocycles. The first kappa shape index (κ1) is 20.2. The third-order valence-corrected chi connectivity index (χ3v) is 7.38. The van der Waals surface area contributed by atoms with Crippen LogP contribution in [0.3, 0.4) is 0 Å². The molecule has 4 nitrogen and oxygen atoms in total. The van der Waals surface area contributed by atoms with E-state index in [0.717, 1.165) is 34.5 Å². The number of ether oxygens (including phenoxy) is 2. The summed E-state index contributed by atoms with van der Waals surface area (Å²) < 4.78 is 11.1. The summed E-state index contributed by atoms with van der Waals surface area (Å²) in [7, 11) is 3.26. The number of carbonyl (C=O) groups is 1. The van der Waals surface area contributed by atoms with Crippen molar-refractivity contribution in [1.82, 2.24) is 0 Å². The summed E-state index contributed by atoms with van der Waals surface area (Å²) in [6.07, 6.45) is 1.33. The van der Waals surface area contributed by atoms with Gasteiger partial charge in [-0.2, -0.15) is 0 Å². The van der Waals surface area contributed by atoms with Crippen LogP contribution in [0.4, 0.5) is 5.69 Å². The van der Waals surface area contributed by atoms with E-state index in [1.807, 2.05) is 42.5 Å². The molecule has 6 heteroatoms. The maximum atomic E-state index is 13.5. The monoisotopic (exact) mass is 451 g/mol. The number of ketones is 1. The van der Waals surface area contributed by atoms with Gasteiger partial charge in [-0.3, -0.25) is 4.79 Å². The molecule has 3 aromatic rings. The molecule has 1 N–H and O–H groups in total. The summed E-state index contributed by atoms with van der Waals surface area (Å²) in [5, 5.41) is 6.30. The zero-order valence-corrected chi connectivity index (χ0v) is 18.8. The lowest BCUT2D eigenvalue weighted by molar-refractivity contribution is -0.116. The Balaban J connectivity index is 1.67. The summed E-state index contributed by atoms with van der Waals surface area (Å²) in [6, 6.07) is 15.9. The Labute approximate surface area is 190 Å². The number of anilines is 1. The van der Waals surface area contributed by atoms with Crippen LogP contribution in [-0.4, -0.2) is 20.0 Å². The smallest absolute Gasteiger partial charge is 0.162 e. The van der Waals surface area contributed by atoms with Crippen molar-refractivity contribution in [2.45, 2.75) is 24.7 Å². The summed E-state index contributed by atoms with van der Waals surface area (Å²) in [5.74, 6) is 1.51. The van der Waals surface area contributed by atoms with Gasteiger partial charge in [-0.25, -0.2) is 0 Å². The molecule has 0 saturated carbocycles. The van der Waals surface area contributed by atoms with E-state index in [4.69, 9.17) is 21.1 Å². The van der Waals surface area contributed by atoms with Crippen molar-refractivity contribution in [3.05, 3.63) is 86.2 Å². The molecule has 0 unspecified atom stereocenters. The summed E-state index contributed by atoms with van der Waals surface area (Å²) in [6.45, 7) is 0. The number of Topliss-reactive ketones (excluding diaryl/α,β-unsaturated/α-hetero) is 1. The Bertz CT molecular complexity index is 1170. The molecular formula is C25H22ClNO3S. The molecule has 0 fully saturated rings. The van der Waals surface area contributed by atoms with E-state index in [-0.39, 0.29) is 17.6 Å². The van der Waals surface area contributed by atoms with Crippen molar-refractivity contribution in [3.63, 3.8) is 0 Å². The average molecular weight is 452 g/mol. The molecule has 0 saturated heterocycles. The van der Waals surface area contributed by atoms with Gasteiger partial charge in [0.25, 0.3) is 0 Å². The molecule has 2 heterocycles. The number of benzene rings is 2. The molecule has 5 rings (SSSR count). The van der Waals surface area contributed by atoms with Crippen LogP contribution < -0.4 is 14.8 Å². The fourth-order valence-electron chi connectivity index (χ4n) is 4.67. The SMILES string of the molecule is COc1cc2c(cc1OC)[C@H](c1ccc(Cl)cc1)C1=C(C[C@H](c3cccs3)CC1=O)N2. The van der Waals surface area contributed by atoms with E-state index < -0.39 is 0 Å². The van der Waals surface area contributed by atoms with Crippen molar-refractivity contribution in [2.75, 3.05) is 19.5 Å². The topological polar surface area (TPSA) is 47.6 Å². The number of hydrogen-bond acceptors (Lipinski definition) is 5. The van der Waals surface area contributed by atoms with Crippen molar-refractivity contribution >= 4 is 34.4 Å². The zero-order valence-electron chi connectivity index (χ0n) is 17.3. The lowest BCUT2D eigenvalue weighted by atomic mass is 9.73. The van der Waals surface area contributed by atoms with Gasteiger partial charge in [0.15, 0.2) is 17.3 Å². The van der Waals surface area contributed by atoms with Crippen LogP contribution in [0.5, 0.6) is 11.5 Å². The fraction of sp³-hybridized carbons (Fsp3) is 0.240. The van der Waals surface area contributed by atoms with Crippen molar-refractivity contribution in [1.29, 1.82) is 0 Å². The van der Waals surface area contributed by atoms with Gasteiger partial charge in [0.1, 0.15) is 0 Å². The highest BCUT2D eigenvalue weighted by molar-refractivity contribution is 7.10. The predicted octanol–water partition coefficient (Wildman–Crippen LogP) is 6.38. The Kier molecular flexibility index (Phi) is 5.24. The van der Waals surface area contributed by atoms with Gasteiger partial charge in [-0.1, -0.05) is 29.8 Å². The molecule has 2 atom stereocenters. The molecule has 31 heavy (non-hydrogen) atoms. The maximum Gasteiger partial charge on any atom is 0.162 e. The summed E-state index contributed by atoms with van der Waals surface area (Å²) >= 11 is 7.87. The first-order valence-electron chi connectivity index (χ1n) is 10.2. The minimum Gasteiger partial charge on any atom is -0.493 e. The highest BCUT2D eigenvalue weighted by Gasteiger charge is 2.39. The fourth-order valence-corrected chi connectivity index (χ4v) is 5.63. The molecule has 0 bridgehead atoms. The van der Waals surface area contributed by atoms with Crippen LogP contribution in [-0.2, 0) is 4.79 Å². The molecule has 1 aliphatic carbocycles. The van der Waals surface area contributed by atoms with E-state index in [0.29, 0.717) is 22.9 Å². The van der Waals surface area contributed by atoms with Gasteiger partial charge in [-0.15, -0.1) is 11.3 Å². The lowest BCUT2D eigenvalue weighted by Gasteiger charge is -2.36. The molecule has 2 aliphatic rings. The predicted molar refractivity (Wildman–Crippen MR) is 125 cm³/mol. The van der Waals surface area contributed by atoms with Crippen LogP contribution in [0.1, 0.15) is 40.7 Å². The van der Waals surface area contributed by atoms with E-state index in [1.54, 1.807) is 25.6 Å². The number of fused-ring (bicyclic) bond motifs is 1. The second-order valence-corrected chi connectivity index (χ2v) is 9.26. The van der Waals surface area contributed by atoms with Crippen LogP contribution >= 0.6 is 22.9 Å². The molecule has 0 radical (unpaired) electrons. The largest absolute Gasteiger partial charge is 0.493 e. The zero-order chi connectivity index (χ0) is 21.5. The minimum absolute atomic E-state index is 0.180. The number of carbonyl (C=O) groups excluding carboxylic acids is 1. The Morgan fingerprint density at radius 3 is 2.45 bits per heavy atom. The van der Waals surface area contributed by atoms with Gasteiger partial charge in [0.05, 0.1) is 14.2 Å². The molecular weight excluding hydrogens is 430 g/mol. The number of allylic oxidation sites excluding steroid dienone is 2. The van der Waals surface area contributed by atoms with Crippen molar-refractivity contribution < 1.29 is 14.3 Å². The number of thiophene rings is 1. The molecule has 0 spiro atoms. The van der Waals surface area contributed by atoms with Gasteiger partial charge in [-0.05, 0) is 47.2 Å². The third-order valence-electron chi connectivity index (χ3n) is 6.10. The van der Waals surface area contributed by atoms with Crippen LogP contribution in [0.15, 0.2) is 65.2 Å². The standard InChI is InChI=1S/C25H22ClNO3S/c1-29-21-12-17-18(13-22(21)30-2)27-19-10-15(23-4-3-9-31-23)11-20(28)25(19)24(17)14-5-7-16(26)8-6-14/h3-9,12-13,15,24,27H,10-11H2,1-2H3/t15-,24-/m0/s1. The van der Waals surface area contributed by atoms with E-state index in [9.17, 15) is 4.79 Å². The molecule has 0 amide bonds. The average Bonchev–Trinajstić information content (AvgIpc) is 3.32. The van der Waals surface area contributed by atoms with Crippen molar-refractivity contribution in [2.24, 2.45) is 0 Å². The van der Waals surface area contributed by atoms with Gasteiger partial charge in [0, 0.05) is 51.2 Å². The molecule has 158 valence electrons. The van der Waals surface area contributed by atoms with Gasteiger partial charge < -0.3 is 14.8 Å². The maximum absolute atomic E-state index is 13.5. The highest BCUT2D eigenvalue weighted by atomic mass is 35.5. The highest BCUT2D eigenvalue weighted by Crippen LogP contribution is 2.50. The Morgan fingerprint density at radius 1 is 1.03 bits per heavy atom. The quantitative estimate of drug-likeness (QED) is 0.500. The number of halogens is 1. The molecule has 1 aromatic heterocycles. The van der Waals surface area contributed by atoms with Crippen LogP contribution in [0, 0.1) is 0 Å².